The molecule has 1 N–H and O–H groups in total. The number of nitrogens with zero attached hydrogens (tertiary/aromatic N) is 3. The second-order valence-electron chi connectivity index (χ2n) is 8.51. The van der Waals surface area contributed by atoms with Gasteiger partial charge in [0.1, 0.15) is 0 Å². The van der Waals surface area contributed by atoms with E-state index < -0.39 is 0 Å². The highest BCUT2D eigenvalue weighted by atomic mass is 35.5. The van der Waals surface area contributed by atoms with E-state index in [1.807, 2.05) is 54.0 Å². The predicted molar refractivity (Wildman–Crippen MR) is 140 cm³/mol. The van der Waals surface area contributed by atoms with Crippen LogP contribution in [0.4, 0.5) is 11.4 Å². The molecule has 8 heteroatoms. The molecule has 4 aromatic rings. The molecule has 0 radical (unpaired) electrons. The van der Waals surface area contributed by atoms with E-state index in [0.717, 1.165) is 28.1 Å². The van der Waals surface area contributed by atoms with E-state index in [4.69, 9.17) is 23.2 Å². The number of amides is 2. The van der Waals surface area contributed by atoms with Crippen LogP contribution in [0.3, 0.4) is 0 Å². The van der Waals surface area contributed by atoms with Gasteiger partial charge in [-0.05, 0) is 66.9 Å². The summed E-state index contributed by atoms with van der Waals surface area (Å²) in [5, 5.41) is 8.21. The normalized spacial score (nSPS) is 12.5. The second-order valence-corrected chi connectivity index (χ2v) is 9.35. The fourth-order valence-corrected chi connectivity index (χ4v) is 4.91. The summed E-state index contributed by atoms with van der Waals surface area (Å²) in [7, 11) is 1.91. The summed E-state index contributed by atoms with van der Waals surface area (Å²) in [6.45, 7) is 2.40. The zero-order valence-corrected chi connectivity index (χ0v) is 20.7. The number of aromatic nitrogens is 2. The highest BCUT2D eigenvalue weighted by Crippen LogP contribution is 2.36. The first-order chi connectivity index (χ1) is 16.8. The number of aryl methyl sites for hydroxylation is 2. The van der Waals surface area contributed by atoms with Gasteiger partial charge in [-0.1, -0.05) is 41.4 Å². The summed E-state index contributed by atoms with van der Waals surface area (Å²) in [5.41, 5.74) is 6.03. The number of anilines is 2. The van der Waals surface area contributed by atoms with Crippen molar-refractivity contribution in [3.8, 4) is 11.3 Å². The topological polar surface area (TPSA) is 67.2 Å². The molecule has 6 nitrogen and oxygen atoms in total. The largest absolute Gasteiger partial charge is 0.322 e. The Morgan fingerprint density at radius 3 is 2.54 bits per heavy atom. The van der Waals surface area contributed by atoms with Gasteiger partial charge in [0.2, 0.25) is 0 Å². The van der Waals surface area contributed by atoms with Crippen LogP contribution in [0, 0.1) is 6.92 Å². The molecular formula is C27H22Cl2N4O2. The van der Waals surface area contributed by atoms with Gasteiger partial charge < -0.3 is 10.2 Å². The quantitative estimate of drug-likeness (QED) is 0.363. The van der Waals surface area contributed by atoms with Crippen LogP contribution >= 0.6 is 23.2 Å². The minimum absolute atomic E-state index is 0.0944. The molecule has 0 atom stereocenters. The van der Waals surface area contributed by atoms with Gasteiger partial charge in [0.25, 0.3) is 11.8 Å². The minimum atomic E-state index is -0.350. The maximum atomic E-state index is 13.7. The number of hydrogen-bond donors (Lipinski definition) is 1. The first-order valence-corrected chi connectivity index (χ1v) is 11.9. The number of rotatable bonds is 3. The van der Waals surface area contributed by atoms with Crippen molar-refractivity contribution >= 4 is 46.4 Å². The second kappa shape index (κ2) is 9.21. The average molecular weight is 505 g/mol. The number of hydrogen-bond acceptors (Lipinski definition) is 3. The molecule has 176 valence electrons. The van der Waals surface area contributed by atoms with Gasteiger partial charge in [-0.25, -0.2) is 0 Å². The Morgan fingerprint density at radius 1 is 1.00 bits per heavy atom. The highest BCUT2D eigenvalue weighted by Gasteiger charge is 2.27. The SMILES string of the molecule is Cc1cc(NC(=O)c2ccc(Cl)cc2Cl)ccc1C(=O)N1CCc2cn(C)nc2-c2ccccc21. The van der Waals surface area contributed by atoms with Crippen LogP contribution in [0.1, 0.15) is 31.8 Å². The third-order valence-electron chi connectivity index (χ3n) is 6.09. The number of carbonyl (C=O) groups is 2. The summed E-state index contributed by atoms with van der Waals surface area (Å²) in [6, 6.07) is 17.8. The van der Waals surface area contributed by atoms with Crippen LogP contribution in [0.2, 0.25) is 10.0 Å². The number of halogens is 2. The van der Waals surface area contributed by atoms with Crippen molar-refractivity contribution in [2.75, 3.05) is 16.8 Å². The molecule has 2 heterocycles. The lowest BCUT2D eigenvalue weighted by Crippen LogP contribution is -2.33. The molecule has 0 aliphatic carbocycles. The molecule has 0 saturated heterocycles. The van der Waals surface area contributed by atoms with Gasteiger partial charge in [-0.2, -0.15) is 5.10 Å². The van der Waals surface area contributed by atoms with Crippen molar-refractivity contribution in [1.29, 1.82) is 0 Å². The van der Waals surface area contributed by atoms with Crippen molar-refractivity contribution in [1.82, 2.24) is 9.78 Å². The molecule has 3 aromatic carbocycles. The minimum Gasteiger partial charge on any atom is -0.322 e. The van der Waals surface area contributed by atoms with Crippen molar-refractivity contribution < 1.29 is 9.59 Å². The van der Waals surface area contributed by atoms with Gasteiger partial charge in [-0.3, -0.25) is 14.3 Å². The zero-order valence-electron chi connectivity index (χ0n) is 19.2. The molecule has 0 saturated carbocycles. The summed E-state index contributed by atoms with van der Waals surface area (Å²) in [5.74, 6) is -0.444. The van der Waals surface area contributed by atoms with E-state index in [9.17, 15) is 9.59 Å². The Hall–Kier alpha value is -3.61. The van der Waals surface area contributed by atoms with E-state index in [1.54, 1.807) is 30.3 Å². The third-order valence-corrected chi connectivity index (χ3v) is 6.64. The fourth-order valence-electron chi connectivity index (χ4n) is 4.42. The molecule has 1 aromatic heterocycles. The van der Waals surface area contributed by atoms with E-state index in [-0.39, 0.29) is 16.8 Å². The highest BCUT2D eigenvalue weighted by molar-refractivity contribution is 6.37. The lowest BCUT2D eigenvalue weighted by Gasteiger charge is -2.24. The molecule has 35 heavy (non-hydrogen) atoms. The number of fused-ring (bicyclic) bond motifs is 3. The van der Waals surface area contributed by atoms with Crippen LogP contribution in [0.15, 0.2) is 66.9 Å². The van der Waals surface area contributed by atoms with Gasteiger partial charge in [0.05, 0.1) is 22.0 Å². The van der Waals surface area contributed by atoms with Crippen molar-refractivity contribution in [3.63, 3.8) is 0 Å². The molecule has 0 fully saturated rings. The Kier molecular flexibility index (Phi) is 6.09. The summed E-state index contributed by atoms with van der Waals surface area (Å²) in [4.78, 5) is 28.2. The maximum Gasteiger partial charge on any atom is 0.258 e. The average Bonchev–Trinajstić information content (AvgIpc) is 3.12. The first-order valence-electron chi connectivity index (χ1n) is 11.1. The van der Waals surface area contributed by atoms with Crippen molar-refractivity contribution in [2.45, 2.75) is 13.3 Å². The molecule has 5 rings (SSSR count). The number of carbonyl (C=O) groups excluding carboxylic acids is 2. The standard InChI is InChI=1S/C27H22Cl2N4O2/c1-16-13-19(30-26(34)21-9-7-18(28)14-23(21)29)8-10-20(16)27(35)33-12-11-17-15-32(2)31-25(17)22-5-3-4-6-24(22)33/h3-10,13-15H,11-12H2,1-2H3,(H,30,34). The molecule has 1 aliphatic rings. The predicted octanol–water partition coefficient (Wildman–Crippen LogP) is 6.16. The number of benzene rings is 3. The Balaban J connectivity index is 1.42. The van der Waals surface area contributed by atoms with Crippen molar-refractivity contribution in [2.24, 2.45) is 7.05 Å². The Bertz CT molecular complexity index is 1480. The van der Waals surface area contributed by atoms with Crippen LogP contribution in [0.25, 0.3) is 11.3 Å². The number of nitrogens with one attached hydrogen (secondary N) is 1. The molecule has 0 unspecified atom stereocenters. The van der Waals surface area contributed by atoms with Crippen LogP contribution in [0.5, 0.6) is 0 Å². The fraction of sp³-hybridized carbons (Fsp3) is 0.148. The van der Waals surface area contributed by atoms with Gasteiger partial charge in [0.15, 0.2) is 0 Å². The molecular weight excluding hydrogens is 483 g/mol. The van der Waals surface area contributed by atoms with Crippen LogP contribution < -0.4 is 10.2 Å². The lowest BCUT2D eigenvalue weighted by molar-refractivity contribution is 0.0985. The van der Waals surface area contributed by atoms with Gasteiger partial charge in [0, 0.05) is 41.6 Å². The summed E-state index contributed by atoms with van der Waals surface area (Å²) in [6.07, 6.45) is 2.72. The monoisotopic (exact) mass is 504 g/mol. The molecule has 2 amide bonds. The van der Waals surface area contributed by atoms with Gasteiger partial charge in [-0.15, -0.1) is 0 Å². The van der Waals surface area contributed by atoms with E-state index in [1.165, 1.54) is 6.07 Å². The van der Waals surface area contributed by atoms with E-state index >= 15 is 0 Å². The number of para-hydroxylation sites is 1. The summed E-state index contributed by atoms with van der Waals surface area (Å²) < 4.78 is 1.81. The van der Waals surface area contributed by atoms with Crippen molar-refractivity contribution in [3.05, 3.63) is 99.2 Å². The first kappa shape index (κ1) is 23.1. The smallest absolute Gasteiger partial charge is 0.258 e. The third kappa shape index (κ3) is 4.43. The maximum absolute atomic E-state index is 13.7. The van der Waals surface area contributed by atoms with Crippen LogP contribution in [-0.2, 0) is 13.5 Å². The molecule has 0 spiro atoms. The molecule has 0 bridgehead atoms. The zero-order chi connectivity index (χ0) is 24.7. The Labute approximate surface area is 213 Å². The molecule has 1 aliphatic heterocycles. The van der Waals surface area contributed by atoms with E-state index in [2.05, 4.69) is 10.4 Å². The Morgan fingerprint density at radius 2 is 1.77 bits per heavy atom. The lowest BCUT2D eigenvalue weighted by atomic mass is 10.0. The van der Waals surface area contributed by atoms with Gasteiger partial charge >= 0.3 is 0 Å². The van der Waals surface area contributed by atoms with Crippen LogP contribution in [-0.4, -0.2) is 28.1 Å². The summed E-state index contributed by atoms with van der Waals surface area (Å²) >= 11 is 12.1. The van der Waals surface area contributed by atoms with E-state index in [0.29, 0.717) is 34.8 Å².